The molecule has 0 saturated heterocycles. The number of carbonyl (C=O) groups is 2. The molecule has 210 valence electrons. The molecule has 12 nitrogen and oxygen atoms in total. The number of benzene rings is 2. The third kappa shape index (κ3) is 6.57. The molecule has 2 aromatic carbocycles. The van der Waals surface area contributed by atoms with Crippen molar-refractivity contribution in [2.75, 3.05) is 26.1 Å². The van der Waals surface area contributed by atoms with Gasteiger partial charge in [0.1, 0.15) is 6.54 Å². The number of methoxy groups -OCH3 is 2. The fraction of sp³-hybridized carbons (Fsp3) is 0.321. The van der Waals surface area contributed by atoms with Gasteiger partial charge in [0.05, 0.1) is 25.1 Å². The van der Waals surface area contributed by atoms with Crippen LogP contribution in [0, 0.1) is 6.92 Å². The van der Waals surface area contributed by atoms with Crippen LogP contribution in [0.2, 0.25) is 0 Å². The van der Waals surface area contributed by atoms with Gasteiger partial charge < -0.3 is 20.1 Å². The average Bonchev–Trinajstić information content (AvgIpc) is 3.36. The Labute approximate surface area is 229 Å². The summed E-state index contributed by atoms with van der Waals surface area (Å²) in [7, 11) is 3.13. The fourth-order valence-electron chi connectivity index (χ4n) is 4.40. The number of aromatic amines is 1. The Morgan fingerprint density at radius 3 is 2.48 bits per heavy atom. The van der Waals surface area contributed by atoms with E-state index in [4.69, 9.17) is 9.47 Å². The van der Waals surface area contributed by atoms with Crippen molar-refractivity contribution >= 4 is 28.5 Å². The first-order valence-electron chi connectivity index (χ1n) is 12.8. The highest BCUT2D eigenvalue weighted by molar-refractivity contribution is 5.90. The maximum atomic E-state index is 13.3. The molecule has 4 rings (SSSR count). The van der Waals surface area contributed by atoms with E-state index in [0.29, 0.717) is 41.2 Å². The minimum Gasteiger partial charge on any atom is -0.493 e. The molecule has 40 heavy (non-hydrogen) atoms. The van der Waals surface area contributed by atoms with E-state index in [1.165, 1.54) is 4.57 Å². The Bertz CT molecular complexity index is 1640. The van der Waals surface area contributed by atoms with Crippen molar-refractivity contribution in [2.45, 2.75) is 39.3 Å². The Morgan fingerprint density at radius 2 is 1.75 bits per heavy atom. The van der Waals surface area contributed by atoms with E-state index in [1.807, 2.05) is 18.2 Å². The third-order valence-corrected chi connectivity index (χ3v) is 6.38. The number of para-hydroxylation sites is 1. The maximum Gasteiger partial charge on any atom is 0.331 e. The summed E-state index contributed by atoms with van der Waals surface area (Å²) in [6.07, 6.45) is 0.999. The Balaban J connectivity index is 1.39. The zero-order valence-corrected chi connectivity index (χ0v) is 22.7. The predicted octanol–water partition coefficient (Wildman–Crippen LogP) is 1.99. The normalized spacial score (nSPS) is 10.9. The molecule has 0 saturated carbocycles. The molecule has 0 aliphatic rings. The number of ether oxygens (including phenoxy) is 2. The van der Waals surface area contributed by atoms with Crippen LogP contribution in [-0.2, 0) is 29.1 Å². The van der Waals surface area contributed by atoms with Crippen LogP contribution in [0.15, 0.2) is 58.1 Å². The van der Waals surface area contributed by atoms with E-state index < -0.39 is 17.2 Å². The molecular formula is C28H32N6O6. The lowest BCUT2D eigenvalue weighted by atomic mass is 10.1. The van der Waals surface area contributed by atoms with Gasteiger partial charge in [-0.25, -0.2) is 4.79 Å². The molecule has 0 fully saturated rings. The molecule has 0 aliphatic carbocycles. The molecule has 0 atom stereocenters. The number of nitrogens with one attached hydrogen (secondary N) is 3. The van der Waals surface area contributed by atoms with Crippen molar-refractivity contribution in [2.24, 2.45) is 0 Å². The van der Waals surface area contributed by atoms with E-state index in [2.05, 4.69) is 20.8 Å². The number of anilines is 1. The van der Waals surface area contributed by atoms with Crippen LogP contribution in [-0.4, -0.2) is 51.9 Å². The number of hydrogen-bond acceptors (Lipinski definition) is 7. The van der Waals surface area contributed by atoms with Crippen LogP contribution < -0.4 is 31.4 Å². The number of nitrogens with zero attached hydrogens (tertiary/aromatic N) is 3. The minimum absolute atomic E-state index is 0.0335. The molecule has 4 aromatic rings. The van der Waals surface area contributed by atoms with Crippen LogP contribution in [0.4, 0.5) is 5.82 Å². The van der Waals surface area contributed by atoms with Crippen molar-refractivity contribution < 1.29 is 19.1 Å². The summed E-state index contributed by atoms with van der Waals surface area (Å²) in [5.74, 6) is 0.935. The lowest BCUT2D eigenvalue weighted by molar-refractivity contribution is -0.121. The smallest absolute Gasteiger partial charge is 0.331 e. The number of H-pyrrole nitrogens is 1. The van der Waals surface area contributed by atoms with Gasteiger partial charge in [0, 0.05) is 31.3 Å². The van der Waals surface area contributed by atoms with E-state index in [-0.39, 0.29) is 31.8 Å². The Morgan fingerprint density at radius 1 is 0.975 bits per heavy atom. The number of aryl methyl sites for hydroxylation is 1. The molecule has 2 heterocycles. The molecule has 0 radical (unpaired) electrons. The average molecular weight is 549 g/mol. The van der Waals surface area contributed by atoms with Gasteiger partial charge in [-0.05, 0) is 49.6 Å². The summed E-state index contributed by atoms with van der Waals surface area (Å²) in [5.41, 5.74) is 1.03. The van der Waals surface area contributed by atoms with Gasteiger partial charge in [0.2, 0.25) is 11.8 Å². The lowest BCUT2D eigenvalue weighted by Crippen LogP contribution is -2.42. The molecule has 2 amide bonds. The van der Waals surface area contributed by atoms with Crippen molar-refractivity contribution in [1.29, 1.82) is 0 Å². The molecule has 12 heteroatoms. The summed E-state index contributed by atoms with van der Waals surface area (Å²) >= 11 is 0. The highest BCUT2D eigenvalue weighted by atomic mass is 16.5. The molecule has 3 N–H and O–H groups in total. The third-order valence-electron chi connectivity index (χ3n) is 6.38. The summed E-state index contributed by atoms with van der Waals surface area (Å²) in [6.45, 7) is 1.95. The molecular weight excluding hydrogens is 516 g/mol. The van der Waals surface area contributed by atoms with E-state index >= 15 is 0 Å². The van der Waals surface area contributed by atoms with Crippen LogP contribution in [0.3, 0.4) is 0 Å². The number of rotatable bonds is 12. The number of hydrogen-bond donors (Lipinski definition) is 3. The predicted molar refractivity (Wildman–Crippen MR) is 150 cm³/mol. The van der Waals surface area contributed by atoms with Crippen molar-refractivity contribution in [3.05, 3.63) is 80.6 Å². The summed E-state index contributed by atoms with van der Waals surface area (Å²) in [6, 6.07) is 13.9. The Kier molecular flexibility index (Phi) is 9.00. The second-order valence-corrected chi connectivity index (χ2v) is 9.22. The van der Waals surface area contributed by atoms with Crippen LogP contribution in [0.5, 0.6) is 11.5 Å². The minimum atomic E-state index is -0.620. The van der Waals surface area contributed by atoms with Gasteiger partial charge >= 0.3 is 5.69 Å². The van der Waals surface area contributed by atoms with E-state index in [0.717, 1.165) is 15.8 Å². The van der Waals surface area contributed by atoms with Gasteiger partial charge in [-0.2, -0.15) is 5.10 Å². The second kappa shape index (κ2) is 12.8. The highest BCUT2D eigenvalue weighted by Gasteiger charge is 2.16. The quantitative estimate of drug-likeness (QED) is 0.245. The number of amides is 2. The molecule has 0 bridgehead atoms. The largest absolute Gasteiger partial charge is 0.493 e. The summed E-state index contributed by atoms with van der Waals surface area (Å²) in [4.78, 5) is 51.5. The zero-order chi connectivity index (χ0) is 28.6. The number of fused-ring (bicyclic) bond motifs is 1. The topological polar surface area (TPSA) is 149 Å². The van der Waals surface area contributed by atoms with Gasteiger partial charge in [-0.1, -0.05) is 18.2 Å². The number of carbonyl (C=O) groups excluding carboxylic acids is 2. The van der Waals surface area contributed by atoms with Gasteiger partial charge in [-0.3, -0.25) is 28.6 Å². The SMILES string of the molecule is COc1ccc(CCNC(=O)CCCn2c(=O)c3ccccc3n(CC(=O)Nc3cc(C)[nH]n3)c2=O)cc1OC. The van der Waals surface area contributed by atoms with Crippen molar-refractivity contribution in [3.8, 4) is 11.5 Å². The van der Waals surface area contributed by atoms with Crippen molar-refractivity contribution in [1.82, 2.24) is 24.6 Å². The van der Waals surface area contributed by atoms with Crippen LogP contribution in [0.1, 0.15) is 24.1 Å². The van der Waals surface area contributed by atoms with Gasteiger partial charge in [0.15, 0.2) is 17.3 Å². The molecule has 2 aromatic heterocycles. The first kappa shape index (κ1) is 28.1. The van der Waals surface area contributed by atoms with E-state index in [9.17, 15) is 19.2 Å². The van der Waals surface area contributed by atoms with Crippen molar-refractivity contribution in [3.63, 3.8) is 0 Å². The molecule has 0 unspecified atom stereocenters. The molecule has 0 aliphatic heterocycles. The first-order chi connectivity index (χ1) is 19.3. The van der Waals surface area contributed by atoms with Gasteiger partial charge in [-0.15, -0.1) is 0 Å². The monoisotopic (exact) mass is 548 g/mol. The Hall–Kier alpha value is -4.87. The molecule has 0 spiro atoms. The first-order valence-corrected chi connectivity index (χ1v) is 12.8. The summed E-state index contributed by atoms with van der Waals surface area (Å²) in [5, 5.41) is 12.5. The van der Waals surface area contributed by atoms with Crippen LogP contribution in [0.25, 0.3) is 10.9 Å². The highest BCUT2D eigenvalue weighted by Crippen LogP contribution is 2.27. The second-order valence-electron chi connectivity index (χ2n) is 9.22. The lowest BCUT2D eigenvalue weighted by Gasteiger charge is -2.14. The fourth-order valence-corrected chi connectivity index (χ4v) is 4.40. The van der Waals surface area contributed by atoms with E-state index in [1.54, 1.807) is 51.5 Å². The van der Waals surface area contributed by atoms with Crippen LogP contribution >= 0.6 is 0 Å². The van der Waals surface area contributed by atoms with Gasteiger partial charge in [0.25, 0.3) is 5.56 Å². The number of aromatic nitrogens is 4. The maximum absolute atomic E-state index is 13.3. The zero-order valence-electron chi connectivity index (χ0n) is 22.7. The standard InChI is InChI=1S/C28H32N6O6/c1-18-15-24(32-31-18)30-26(36)17-34-21-8-5-4-7-20(21)27(37)33(28(34)38)14-6-9-25(35)29-13-12-19-10-11-22(39-2)23(16-19)40-3/h4-5,7-8,10-11,15-16H,6,9,12-14,17H2,1-3H3,(H,29,35)(H2,30,31,32,36). The summed E-state index contributed by atoms with van der Waals surface area (Å²) < 4.78 is 12.9.